The van der Waals surface area contributed by atoms with Crippen molar-refractivity contribution in [3.05, 3.63) is 0 Å². The van der Waals surface area contributed by atoms with Crippen LogP contribution in [0.2, 0.25) is 0 Å². The van der Waals surface area contributed by atoms with Gasteiger partial charge in [0, 0.05) is 18.1 Å². The number of amides is 1. The highest BCUT2D eigenvalue weighted by Gasteiger charge is 2.43. The lowest BCUT2D eigenvalue weighted by Crippen LogP contribution is -2.42. The average Bonchev–Trinajstić information content (AvgIpc) is 3.03. The fourth-order valence-corrected chi connectivity index (χ4v) is 3.76. The lowest BCUT2D eigenvalue weighted by Gasteiger charge is -2.22. The molecule has 5 atom stereocenters. The summed E-state index contributed by atoms with van der Waals surface area (Å²) < 4.78 is 0. The Hall–Kier alpha value is -1.10. The molecule has 0 aromatic heterocycles. The van der Waals surface area contributed by atoms with Crippen LogP contribution in [-0.4, -0.2) is 35.1 Å². The van der Waals surface area contributed by atoms with E-state index in [-0.39, 0.29) is 23.8 Å². The van der Waals surface area contributed by atoms with Crippen molar-refractivity contribution in [2.45, 2.75) is 56.7 Å². The van der Waals surface area contributed by atoms with E-state index in [1.165, 1.54) is 6.42 Å². The van der Waals surface area contributed by atoms with Crippen LogP contribution in [0.25, 0.3) is 0 Å². The van der Waals surface area contributed by atoms with Crippen molar-refractivity contribution in [1.29, 1.82) is 0 Å². The second-order valence-electron chi connectivity index (χ2n) is 5.94. The highest BCUT2D eigenvalue weighted by atomic mass is 16.4. The molecule has 3 rings (SSSR count). The molecule has 2 bridgehead atoms. The molecule has 5 nitrogen and oxygen atoms in total. The maximum Gasteiger partial charge on any atom is 0.306 e. The van der Waals surface area contributed by atoms with Gasteiger partial charge in [-0.2, -0.15) is 0 Å². The summed E-state index contributed by atoms with van der Waals surface area (Å²) in [6.07, 6.45) is 5.33. The molecular formula is C13H20N2O3. The van der Waals surface area contributed by atoms with E-state index in [0.717, 1.165) is 19.3 Å². The van der Waals surface area contributed by atoms with Crippen molar-refractivity contribution in [3.63, 3.8) is 0 Å². The molecule has 0 aromatic carbocycles. The molecule has 1 amide bonds. The topological polar surface area (TPSA) is 78.4 Å². The third kappa shape index (κ3) is 2.11. The molecule has 0 spiro atoms. The number of carbonyl (C=O) groups excluding carboxylic acids is 1. The lowest BCUT2D eigenvalue weighted by molar-refractivity contribution is -0.141. The van der Waals surface area contributed by atoms with Crippen LogP contribution in [0, 0.1) is 11.8 Å². The Morgan fingerprint density at radius 2 is 1.94 bits per heavy atom. The summed E-state index contributed by atoms with van der Waals surface area (Å²) in [5.74, 6) is -0.764. The van der Waals surface area contributed by atoms with Crippen LogP contribution in [-0.2, 0) is 9.59 Å². The van der Waals surface area contributed by atoms with Gasteiger partial charge in [0.1, 0.15) is 0 Å². The van der Waals surface area contributed by atoms with Gasteiger partial charge >= 0.3 is 5.97 Å². The summed E-state index contributed by atoms with van der Waals surface area (Å²) >= 11 is 0. The number of aliphatic carboxylic acids is 1. The van der Waals surface area contributed by atoms with E-state index in [9.17, 15) is 9.59 Å². The second-order valence-corrected chi connectivity index (χ2v) is 5.94. The number of rotatable bonds is 3. The third-order valence-electron chi connectivity index (χ3n) is 4.77. The van der Waals surface area contributed by atoms with Gasteiger partial charge in [0.2, 0.25) is 5.91 Å². The van der Waals surface area contributed by atoms with Crippen LogP contribution >= 0.6 is 0 Å². The fourth-order valence-electron chi connectivity index (χ4n) is 3.76. The summed E-state index contributed by atoms with van der Waals surface area (Å²) in [6.45, 7) is 0. The first-order valence-corrected chi connectivity index (χ1v) is 6.92. The normalized spacial score (nSPS) is 42.1. The zero-order valence-electron chi connectivity index (χ0n) is 10.4. The first-order chi connectivity index (χ1) is 8.63. The van der Waals surface area contributed by atoms with Gasteiger partial charge in [-0.15, -0.1) is 0 Å². The molecule has 3 fully saturated rings. The minimum atomic E-state index is -0.728. The Bertz CT molecular complexity index is 371. The van der Waals surface area contributed by atoms with Gasteiger partial charge < -0.3 is 15.7 Å². The molecule has 1 aliphatic carbocycles. The predicted octanol–water partition coefficient (Wildman–Crippen LogP) is 0.496. The summed E-state index contributed by atoms with van der Waals surface area (Å²) in [4.78, 5) is 23.0. The third-order valence-corrected chi connectivity index (χ3v) is 4.77. The zero-order chi connectivity index (χ0) is 12.7. The van der Waals surface area contributed by atoms with Gasteiger partial charge in [-0.3, -0.25) is 9.59 Å². The molecular weight excluding hydrogens is 232 g/mol. The maximum absolute atomic E-state index is 12.2. The molecule has 2 aliphatic heterocycles. The fraction of sp³-hybridized carbons (Fsp3) is 0.846. The summed E-state index contributed by atoms with van der Waals surface area (Å²) in [7, 11) is 0. The van der Waals surface area contributed by atoms with E-state index in [2.05, 4.69) is 10.6 Å². The molecule has 18 heavy (non-hydrogen) atoms. The van der Waals surface area contributed by atoms with Crippen LogP contribution in [0.3, 0.4) is 0 Å². The molecule has 2 heterocycles. The number of fused-ring (bicyclic) bond motifs is 2. The monoisotopic (exact) mass is 252 g/mol. The Morgan fingerprint density at radius 1 is 1.11 bits per heavy atom. The first-order valence-electron chi connectivity index (χ1n) is 6.92. The quantitative estimate of drug-likeness (QED) is 0.683. The SMILES string of the molecule is O=C(N[C@H]1CC[C@@H](C(=O)O)C1)C1CC2CCC1N2. The molecule has 100 valence electrons. The van der Waals surface area contributed by atoms with Crippen LogP contribution in [0.1, 0.15) is 38.5 Å². The molecule has 0 radical (unpaired) electrons. The van der Waals surface area contributed by atoms with Crippen molar-refractivity contribution in [3.8, 4) is 0 Å². The number of carboxylic acid groups (broad SMARTS) is 1. The number of hydrogen-bond donors (Lipinski definition) is 3. The van der Waals surface area contributed by atoms with Crippen molar-refractivity contribution in [2.24, 2.45) is 11.8 Å². The van der Waals surface area contributed by atoms with E-state index in [1.807, 2.05) is 0 Å². The van der Waals surface area contributed by atoms with Crippen LogP contribution in [0.15, 0.2) is 0 Å². The summed E-state index contributed by atoms with van der Waals surface area (Å²) in [5.41, 5.74) is 0. The van der Waals surface area contributed by atoms with Gasteiger partial charge in [-0.05, 0) is 38.5 Å². The second kappa shape index (κ2) is 4.53. The highest BCUT2D eigenvalue weighted by Crippen LogP contribution is 2.34. The van der Waals surface area contributed by atoms with E-state index >= 15 is 0 Å². The Labute approximate surface area is 106 Å². The van der Waals surface area contributed by atoms with Crippen LogP contribution in [0.4, 0.5) is 0 Å². The lowest BCUT2D eigenvalue weighted by atomic mass is 9.88. The van der Waals surface area contributed by atoms with Gasteiger partial charge in [0.15, 0.2) is 0 Å². The molecule has 3 aliphatic rings. The minimum Gasteiger partial charge on any atom is -0.481 e. The molecule has 2 saturated heterocycles. The number of carbonyl (C=O) groups is 2. The Kier molecular flexibility index (Phi) is 3.01. The van der Waals surface area contributed by atoms with Crippen LogP contribution in [0.5, 0.6) is 0 Å². The van der Waals surface area contributed by atoms with Crippen molar-refractivity contribution in [1.82, 2.24) is 10.6 Å². The first kappa shape index (κ1) is 12.0. The smallest absolute Gasteiger partial charge is 0.306 e. The number of carboxylic acids is 1. The zero-order valence-corrected chi connectivity index (χ0v) is 10.4. The molecule has 5 heteroatoms. The van der Waals surface area contributed by atoms with Crippen molar-refractivity contribution in [2.75, 3.05) is 0 Å². The molecule has 1 saturated carbocycles. The minimum absolute atomic E-state index is 0.0673. The Balaban J connectivity index is 1.51. The summed E-state index contributed by atoms with van der Waals surface area (Å²) in [6, 6.07) is 0.950. The van der Waals surface area contributed by atoms with E-state index in [1.54, 1.807) is 0 Å². The van der Waals surface area contributed by atoms with Gasteiger partial charge in [0.05, 0.1) is 11.8 Å². The van der Waals surface area contributed by atoms with Gasteiger partial charge in [0.25, 0.3) is 0 Å². The predicted molar refractivity (Wildman–Crippen MR) is 65.0 cm³/mol. The largest absolute Gasteiger partial charge is 0.481 e. The molecule has 3 unspecified atom stereocenters. The average molecular weight is 252 g/mol. The van der Waals surface area contributed by atoms with E-state index in [0.29, 0.717) is 24.9 Å². The molecule has 3 N–H and O–H groups in total. The Morgan fingerprint density at radius 3 is 2.50 bits per heavy atom. The van der Waals surface area contributed by atoms with E-state index < -0.39 is 5.97 Å². The standard InChI is InChI=1S/C13H20N2O3/c16-12(10-6-9-3-4-11(10)14-9)15-8-2-1-7(5-8)13(17)18/h7-11,14H,1-6H2,(H,15,16)(H,17,18)/t7-,8+,9?,10?,11?/m1/s1. The van der Waals surface area contributed by atoms with Crippen molar-refractivity contribution >= 4 is 11.9 Å². The highest BCUT2D eigenvalue weighted by molar-refractivity contribution is 5.80. The van der Waals surface area contributed by atoms with E-state index in [4.69, 9.17) is 5.11 Å². The number of nitrogens with one attached hydrogen (secondary N) is 2. The van der Waals surface area contributed by atoms with Crippen LogP contribution < -0.4 is 10.6 Å². The number of hydrogen-bond acceptors (Lipinski definition) is 3. The van der Waals surface area contributed by atoms with Gasteiger partial charge in [-0.25, -0.2) is 0 Å². The van der Waals surface area contributed by atoms with Gasteiger partial charge in [-0.1, -0.05) is 0 Å². The molecule has 0 aromatic rings. The summed E-state index contributed by atoms with van der Waals surface area (Å²) in [5, 5.41) is 15.4. The van der Waals surface area contributed by atoms with Crippen molar-refractivity contribution < 1.29 is 14.7 Å². The maximum atomic E-state index is 12.2.